The second-order valence-corrected chi connectivity index (χ2v) is 5.16. The van der Waals surface area contributed by atoms with Gasteiger partial charge in [0.2, 0.25) is 0 Å². The van der Waals surface area contributed by atoms with Crippen LogP contribution in [0.1, 0.15) is 12.0 Å². The summed E-state index contributed by atoms with van der Waals surface area (Å²) in [6.45, 7) is 1.13. The number of ether oxygens (including phenoxy) is 1. The summed E-state index contributed by atoms with van der Waals surface area (Å²) >= 11 is 0. The molecule has 1 heterocycles. The second kappa shape index (κ2) is 7.08. The van der Waals surface area contributed by atoms with E-state index in [4.69, 9.17) is 4.74 Å². The smallest absolute Gasteiger partial charge is 0.326 e. The number of hydrogen-bond donors (Lipinski definition) is 2. The molecule has 2 unspecified atom stereocenters. The van der Waals surface area contributed by atoms with Crippen LogP contribution in [0.15, 0.2) is 30.3 Å². The van der Waals surface area contributed by atoms with Crippen LogP contribution in [0, 0.1) is 0 Å². The Morgan fingerprint density at radius 1 is 1.43 bits per heavy atom. The molecule has 2 amide bonds. The zero-order chi connectivity index (χ0) is 15.2. The van der Waals surface area contributed by atoms with Crippen LogP contribution < -0.4 is 5.32 Å². The molecular weight excluding hydrogens is 272 g/mol. The van der Waals surface area contributed by atoms with Crippen molar-refractivity contribution in [1.29, 1.82) is 0 Å². The van der Waals surface area contributed by atoms with Crippen molar-refractivity contribution < 1.29 is 19.4 Å². The summed E-state index contributed by atoms with van der Waals surface area (Å²) in [7, 11) is 1.66. The number of urea groups is 1. The van der Waals surface area contributed by atoms with Crippen LogP contribution in [0.25, 0.3) is 0 Å². The van der Waals surface area contributed by atoms with Crippen molar-refractivity contribution in [3.05, 3.63) is 35.9 Å². The Balaban J connectivity index is 1.95. The van der Waals surface area contributed by atoms with Crippen LogP contribution in [0.3, 0.4) is 0 Å². The predicted molar refractivity (Wildman–Crippen MR) is 77.1 cm³/mol. The largest absolute Gasteiger partial charge is 0.480 e. The van der Waals surface area contributed by atoms with Crippen LogP contribution in [0.4, 0.5) is 4.79 Å². The van der Waals surface area contributed by atoms with E-state index in [1.165, 1.54) is 4.90 Å². The van der Waals surface area contributed by atoms with Gasteiger partial charge in [-0.05, 0) is 12.0 Å². The molecule has 1 aromatic rings. The number of nitrogens with zero attached hydrogens (tertiary/aromatic N) is 1. The zero-order valence-corrected chi connectivity index (χ0v) is 12.0. The molecule has 0 bridgehead atoms. The van der Waals surface area contributed by atoms with Crippen LogP contribution in [0.5, 0.6) is 0 Å². The SMILES string of the molecule is CN(C(=O)NC(Cc1ccccc1)C(=O)O)C1CCOC1. The third kappa shape index (κ3) is 4.19. The lowest BCUT2D eigenvalue weighted by molar-refractivity contribution is -0.139. The monoisotopic (exact) mass is 292 g/mol. The van der Waals surface area contributed by atoms with E-state index >= 15 is 0 Å². The summed E-state index contributed by atoms with van der Waals surface area (Å²) in [6.07, 6.45) is 1.04. The van der Waals surface area contributed by atoms with Crippen molar-refractivity contribution in [3.8, 4) is 0 Å². The molecule has 1 saturated heterocycles. The van der Waals surface area contributed by atoms with Crippen molar-refractivity contribution in [2.24, 2.45) is 0 Å². The van der Waals surface area contributed by atoms with Gasteiger partial charge in [0.05, 0.1) is 12.6 Å². The highest BCUT2D eigenvalue weighted by molar-refractivity contribution is 5.82. The van der Waals surface area contributed by atoms with Gasteiger partial charge in [0, 0.05) is 20.1 Å². The maximum atomic E-state index is 12.1. The number of carboxylic acid groups (broad SMARTS) is 1. The molecule has 6 nitrogen and oxygen atoms in total. The lowest BCUT2D eigenvalue weighted by Gasteiger charge is -2.25. The minimum Gasteiger partial charge on any atom is -0.480 e. The first-order valence-electron chi connectivity index (χ1n) is 6.95. The van der Waals surface area contributed by atoms with Crippen molar-refractivity contribution in [1.82, 2.24) is 10.2 Å². The van der Waals surface area contributed by atoms with Gasteiger partial charge in [-0.3, -0.25) is 0 Å². The number of carbonyl (C=O) groups excluding carboxylic acids is 1. The molecule has 0 aliphatic carbocycles. The minimum absolute atomic E-state index is 0.0103. The van der Waals surface area contributed by atoms with Gasteiger partial charge in [-0.2, -0.15) is 0 Å². The van der Waals surface area contributed by atoms with Gasteiger partial charge in [0.15, 0.2) is 0 Å². The van der Waals surface area contributed by atoms with Gasteiger partial charge in [-0.25, -0.2) is 9.59 Å². The van der Waals surface area contributed by atoms with Gasteiger partial charge in [-0.15, -0.1) is 0 Å². The van der Waals surface area contributed by atoms with Crippen molar-refractivity contribution in [2.45, 2.75) is 24.9 Å². The van der Waals surface area contributed by atoms with E-state index in [0.717, 1.165) is 12.0 Å². The van der Waals surface area contributed by atoms with E-state index in [9.17, 15) is 14.7 Å². The maximum absolute atomic E-state index is 12.1. The lowest BCUT2D eigenvalue weighted by atomic mass is 10.1. The Kier molecular flexibility index (Phi) is 5.16. The van der Waals surface area contributed by atoms with E-state index in [-0.39, 0.29) is 18.5 Å². The Morgan fingerprint density at radius 2 is 2.14 bits per heavy atom. The molecule has 21 heavy (non-hydrogen) atoms. The van der Waals surface area contributed by atoms with Gasteiger partial charge in [-0.1, -0.05) is 30.3 Å². The second-order valence-electron chi connectivity index (χ2n) is 5.16. The van der Waals surface area contributed by atoms with Crippen molar-refractivity contribution in [2.75, 3.05) is 20.3 Å². The Hall–Kier alpha value is -2.08. The number of rotatable bonds is 5. The number of amides is 2. The molecule has 0 saturated carbocycles. The molecule has 1 fully saturated rings. The van der Waals surface area contributed by atoms with Gasteiger partial charge >= 0.3 is 12.0 Å². The summed E-state index contributed by atoms with van der Waals surface area (Å²) in [5.41, 5.74) is 0.872. The fraction of sp³-hybridized carbons (Fsp3) is 0.467. The standard InChI is InChI=1S/C15H20N2O4/c1-17(12-7-8-21-10-12)15(20)16-13(14(18)19)9-11-5-3-2-4-6-11/h2-6,12-13H,7-10H2,1H3,(H,16,20)(H,18,19). The fourth-order valence-corrected chi connectivity index (χ4v) is 2.29. The van der Waals surface area contributed by atoms with E-state index in [1.807, 2.05) is 30.3 Å². The summed E-state index contributed by atoms with van der Waals surface area (Å²) in [5.74, 6) is -1.04. The van der Waals surface area contributed by atoms with E-state index < -0.39 is 12.0 Å². The molecule has 1 aromatic carbocycles. The molecule has 0 radical (unpaired) electrons. The van der Waals surface area contributed by atoms with Gasteiger partial charge < -0.3 is 20.1 Å². The van der Waals surface area contributed by atoms with E-state index in [1.54, 1.807) is 7.05 Å². The lowest BCUT2D eigenvalue weighted by Crippen LogP contribution is -2.50. The Bertz CT molecular complexity index is 486. The molecule has 1 aliphatic rings. The molecule has 0 spiro atoms. The predicted octanol–water partition coefficient (Wildman–Crippen LogP) is 1.11. The summed E-state index contributed by atoms with van der Waals surface area (Å²) < 4.78 is 5.24. The number of aliphatic carboxylic acids is 1. The number of hydrogen-bond acceptors (Lipinski definition) is 3. The summed E-state index contributed by atoms with van der Waals surface area (Å²) in [5, 5.41) is 11.8. The molecule has 114 valence electrons. The highest BCUT2D eigenvalue weighted by atomic mass is 16.5. The van der Waals surface area contributed by atoms with Crippen LogP contribution in [-0.4, -0.2) is 54.4 Å². The minimum atomic E-state index is -1.04. The Morgan fingerprint density at radius 3 is 2.71 bits per heavy atom. The fourth-order valence-electron chi connectivity index (χ4n) is 2.29. The molecule has 0 aromatic heterocycles. The topological polar surface area (TPSA) is 78.9 Å². The highest BCUT2D eigenvalue weighted by Crippen LogP contribution is 2.11. The average molecular weight is 292 g/mol. The first-order chi connectivity index (χ1) is 10.1. The number of nitrogens with one attached hydrogen (secondary N) is 1. The van der Waals surface area contributed by atoms with Crippen molar-refractivity contribution in [3.63, 3.8) is 0 Å². The summed E-state index contributed by atoms with van der Waals surface area (Å²) in [6, 6.07) is 7.93. The Labute approximate surface area is 123 Å². The maximum Gasteiger partial charge on any atom is 0.326 e. The van der Waals surface area contributed by atoms with Gasteiger partial charge in [0.25, 0.3) is 0 Å². The number of benzene rings is 1. The molecule has 2 rings (SSSR count). The molecule has 6 heteroatoms. The molecule has 1 aliphatic heterocycles. The number of likely N-dealkylation sites (N-methyl/N-ethyl adjacent to an activating group) is 1. The normalized spacial score (nSPS) is 19.0. The van der Waals surface area contributed by atoms with Crippen LogP contribution >= 0.6 is 0 Å². The van der Waals surface area contributed by atoms with E-state index in [2.05, 4.69) is 5.32 Å². The number of carbonyl (C=O) groups is 2. The first-order valence-corrected chi connectivity index (χ1v) is 6.95. The number of carboxylic acids is 1. The molecular formula is C15H20N2O4. The third-order valence-electron chi connectivity index (χ3n) is 3.65. The van der Waals surface area contributed by atoms with Crippen molar-refractivity contribution >= 4 is 12.0 Å². The highest BCUT2D eigenvalue weighted by Gasteiger charge is 2.27. The first kappa shape index (κ1) is 15.3. The quantitative estimate of drug-likeness (QED) is 0.852. The molecule has 2 atom stereocenters. The van der Waals surface area contributed by atoms with Crippen LogP contribution in [0.2, 0.25) is 0 Å². The zero-order valence-electron chi connectivity index (χ0n) is 12.0. The third-order valence-corrected chi connectivity index (χ3v) is 3.65. The van der Waals surface area contributed by atoms with Crippen LogP contribution in [-0.2, 0) is 16.0 Å². The van der Waals surface area contributed by atoms with E-state index in [0.29, 0.717) is 13.2 Å². The van der Waals surface area contributed by atoms with Gasteiger partial charge in [0.1, 0.15) is 6.04 Å². The molecule has 2 N–H and O–H groups in total. The summed E-state index contributed by atoms with van der Waals surface area (Å²) in [4.78, 5) is 25.0. The average Bonchev–Trinajstić information content (AvgIpc) is 3.00.